The fraction of sp³-hybridized carbons (Fsp3) is 0.500. The Kier molecular flexibility index (Phi) is 5.47. The second-order valence-electron chi connectivity index (χ2n) is 5.93. The molecule has 1 aliphatic heterocycles. The summed E-state index contributed by atoms with van der Waals surface area (Å²) in [7, 11) is -3.14. The molecule has 5 nitrogen and oxygen atoms in total. The monoisotopic (exact) mass is 357 g/mol. The molecule has 0 N–H and O–H groups in total. The van der Waals surface area contributed by atoms with Gasteiger partial charge >= 0.3 is 0 Å². The van der Waals surface area contributed by atoms with Gasteiger partial charge in [0.15, 0.2) is 15.6 Å². The van der Waals surface area contributed by atoms with Crippen LogP contribution >= 0.6 is 11.6 Å². The number of alkyl halides is 1. The van der Waals surface area contributed by atoms with E-state index in [1.165, 1.54) is 4.90 Å². The molecular weight excluding hydrogens is 338 g/mol. The smallest absolute Gasteiger partial charge is 0.238 e. The van der Waals surface area contributed by atoms with Crippen LogP contribution in [0.3, 0.4) is 0 Å². The van der Waals surface area contributed by atoms with E-state index < -0.39 is 21.8 Å². The van der Waals surface area contributed by atoms with E-state index in [0.717, 1.165) is 11.1 Å². The molecule has 1 saturated heterocycles. The first-order valence-electron chi connectivity index (χ1n) is 7.40. The van der Waals surface area contributed by atoms with Crippen LogP contribution in [-0.2, 0) is 14.6 Å². The lowest BCUT2D eigenvalue weighted by molar-refractivity contribution is -0.129. The summed E-state index contributed by atoms with van der Waals surface area (Å²) in [5.41, 5.74) is 2.59. The minimum Gasteiger partial charge on any atom is -0.330 e. The third-order valence-electron chi connectivity index (χ3n) is 4.23. The third-order valence-corrected chi connectivity index (χ3v) is 6.21. The van der Waals surface area contributed by atoms with Gasteiger partial charge in [0, 0.05) is 11.6 Å². The maximum Gasteiger partial charge on any atom is 0.238 e. The lowest BCUT2D eigenvalue weighted by Crippen LogP contribution is -2.44. The Morgan fingerprint density at radius 2 is 1.96 bits per heavy atom. The van der Waals surface area contributed by atoms with E-state index in [2.05, 4.69) is 0 Å². The number of hydrogen-bond acceptors (Lipinski definition) is 4. The minimum atomic E-state index is -3.14. The molecule has 1 amide bonds. The normalized spacial score (nSPS) is 19.5. The Morgan fingerprint density at radius 3 is 2.48 bits per heavy atom. The van der Waals surface area contributed by atoms with Crippen molar-refractivity contribution in [2.75, 3.05) is 23.9 Å². The molecule has 23 heavy (non-hydrogen) atoms. The lowest BCUT2D eigenvalue weighted by atomic mass is 10.0. The summed E-state index contributed by atoms with van der Waals surface area (Å²) in [5.74, 6) is -0.949. The van der Waals surface area contributed by atoms with E-state index >= 15 is 0 Å². The van der Waals surface area contributed by atoms with E-state index in [1.54, 1.807) is 12.1 Å². The molecule has 0 spiro atoms. The van der Waals surface area contributed by atoms with Crippen molar-refractivity contribution >= 4 is 33.1 Å². The van der Waals surface area contributed by atoms with Crippen LogP contribution in [0.4, 0.5) is 0 Å². The summed E-state index contributed by atoms with van der Waals surface area (Å²) in [4.78, 5) is 25.8. The van der Waals surface area contributed by atoms with Crippen LogP contribution in [0.15, 0.2) is 18.2 Å². The maximum absolute atomic E-state index is 12.5. The average Bonchev–Trinajstić information content (AvgIpc) is 2.86. The largest absolute Gasteiger partial charge is 0.330 e. The van der Waals surface area contributed by atoms with Crippen molar-refractivity contribution in [2.45, 2.75) is 26.3 Å². The molecule has 1 atom stereocenters. The van der Waals surface area contributed by atoms with Crippen molar-refractivity contribution in [2.24, 2.45) is 0 Å². The Morgan fingerprint density at radius 1 is 1.26 bits per heavy atom. The number of amides is 1. The molecule has 1 aromatic rings. The van der Waals surface area contributed by atoms with Crippen LogP contribution in [0.1, 0.15) is 27.9 Å². The third kappa shape index (κ3) is 4.32. The highest BCUT2D eigenvalue weighted by molar-refractivity contribution is 7.91. The first kappa shape index (κ1) is 17.9. The number of hydrogen-bond donors (Lipinski definition) is 0. The molecule has 0 radical (unpaired) electrons. The summed E-state index contributed by atoms with van der Waals surface area (Å²) in [5, 5.41) is 0. The zero-order chi connectivity index (χ0) is 17.2. The molecule has 0 aromatic heterocycles. The Labute approximate surface area is 141 Å². The van der Waals surface area contributed by atoms with E-state index in [4.69, 9.17) is 11.6 Å². The highest BCUT2D eigenvalue weighted by atomic mass is 35.5. The molecule has 2 rings (SSSR count). The second-order valence-corrected chi connectivity index (χ2v) is 8.43. The number of carbonyl (C=O) groups excluding carboxylic acids is 2. The fourth-order valence-electron chi connectivity index (χ4n) is 2.68. The lowest BCUT2D eigenvalue weighted by Gasteiger charge is -2.27. The van der Waals surface area contributed by atoms with Gasteiger partial charge in [0.2, 0.25) is 5.91 Å². The standard InChI is InChI=1S/C16H20ClNO4S/c1-11-3-4-13(7-12(11)2)15(19)9-18(16(20)8-17)14-5-6-23(21,22)10-14/h3-4,7,14H,5-6,8-10H2,1-2H3. The van der Waals surface area contributed by atoms with Gasteiger partial charge < -0.3 is 4.90 Å². The molecule has 0 bridgehead atoms. The van der Waals surface area contributed by atoms with Gasteiger partial charge in [-0.2, -0.15) is 0 Å². The topological polar surface area (TPSA) is 71.5 Å². The predicted octanol–water partition coefficient (Wildman–Crippen LogP) is 1.74. The number of aryl methyl sites for hydroxylation is 2. The molecule has 1 unspecified atom stereocenters. The Balaban J connectivity index is 2.19. The number of sulfone groups is 1. The molecule has 0 saturated carbocycles. The summed E-state index contributed by atoms with van der Waals surface area (Å²) in [6.07, 6.45) is 0.352. The fourth-order valence-corrected chi connectivity index (χ4v) is 4.56. The number of halogens is 1. The van der Waals surface area contributed by atoms with Gasteiger partial charge in [0.05, 0.1) is 18.1 Å². The molecule has 7 heteroatoms. The molecule has 1 aromatic carbocycles. The van der Waals surface area contributed by atoms with Crippen molar-refractivity contribution in [3.63, 3.8) is 0 Å². The van der Waals surface area contributed by atoms with Crippen LogP contribution in [-0.4, -0.2) is 55.0 Å². The van der Waals surface area contributed by atoms with Crippen molar-refractivity contribution in [1.82, 2.24) is 4.90 Å². The van der Waals surface area contributed by atoms with Gasteiger partial charge in [-0.15, -0.1) is 11.6 Å². The van der Waals surface area contributed by atoms with Crippen molar-refractivity contribution in [1.29, 1.82) is 0 Å². The number of Topliss-reactive ketones (excluding diaryl/α,β-unsaturated/α-hetero) is 1. The van der Waals surface area contributed by atoms with Crippen LogP contribution in [0, 0.1) is 13.8 Å². The SMILES string of the molecule is Cc1ccc(C(=O)CN(C(=O)CCl)C2CCS(=O)(=O)C2)cc1C. The molecule has 0 aliphatic carbocycles. The average molecular weight is 358 g/mol. The Bertz CT molecular complexity index is 730. The van der Waals surface area contributed by atoms with Gasteiger partial charge in [0.1, 0.15) is 5.88 Å². The summed E-state index contributed by atoms with van der Waals surface area (Å²) < 4.78 is 23.3. The zero-order valence-electron chi connectivity index (χ0n) is 13.2. The molecule has 126 valence electrons. The van der Waals surface area contributed by atoms with Gasteiger partial charge in [0.25, 0.3) is 0 Å². The van der Waals surface area contributed by atoms with E-state index in [-0.39, 0.29) is 29.7 Å². The first-order valence-corrected chi connectivity index (χ1v) is 9.75. The van der Waals surface area contributed by atoms with Crippen molar-refractivity contribution in [3.05, 3.63) is 34.9 Å². The van der Waals surface area contributed by atoms with Gasteiger partial charge in [-0.05, 0) is 37.5 Å². The van der Waals surface area contributed by atoms with Crippen LogP contribution in [0.25, 0.3) is 0 Å². The van der Waals surface area contributed by atoms with Crippen molar-refractivity contribution < 1.29 is 18.0 Å². The van der Waals surface area contributed by atoms with Gasteiger partial charge in [-0.1, -0.05) is 12.1 Å². The molecule has 1 fully saturated rings. The summed E-state index contributed by atoms with van der Waals surface area (Å²) >= 11 is 5.62. The van der Waals surface area contributed by atoms with E-state index in [1.807, 2.05) is 19.9 Å². The minimum absolute atomic E-state index is 0.0432. The molecule has 1 heterocycles. The van der Waals surface area contributed by atoms with Gasteiger partial charge in [-0.3, -0.25) is 9.59 Å². The van der Waals surface area contributed by atoms with Crippen LogP contribution in [0.2, 0.25) is 0 Å². The number of benzene rings is 1. The summed E-state index contributed by atoms with van der Waals surface area (Å²) in [6, 6.07) is 4.89. The first-order chi connectivity index (χ1) is 10.7. The number of ketones is 1. The summed E-state index contributed by atoms with van der Waals surface area (Å²) in [6.45, 7) is 3.72. The maximum atomic E-state index is 12.5. The highest BCUT2D eigenvalue weighted by Gasteiger charge is 2.35. The van der Waals surface area contributed by atoms with Gasteiger partial charge in [-0.25, -0.2) is 8.42 Å². The van der Waals surface area contributed by atoms with Crippen LogP contribution < -0.4 is 0 Å². The van der Waals surface area contributed by atoms with E-state index in [0.29, 0.717) is 12.0 Å². The Hall–Kier alpha value is -1.40. The van der Waals surface area contributed by atoms with Crippen molar-refractivity contribution in [3.8, 4) is 0 Å². The number of nitrogens with zero attached hydrogens (tertiary/aromatic N) is 1. The zero-order valence-corrected chi connectivity index (χ0v) is 14.8. The number of carbonyl (C=O) groups is 2. The van der Waals surface area contributed by atoms with Crippen LogP contribution in [0.5, 0.6) is 0 Å². The highest BCUT2D eigenvalue weighted by Crippen LogP contribution is 2.19. The second kappa shape index (κ2) is 7.01. The molecule has 1 aliphatic rings. The van der Waals surface area contributed by atoms with E-state index in [9.17, 15) is 18.0 Å². The predicted molar refractivity (Wildman–Crippen MR) is 89.7 cm³/mol. The quantitative estimate of drug-likeness (QED) is 0.594. The molecular formula is C16H20ClNO4S. The number of rotatable bonds is 5.